The van der Waals surface area contributed by atoms with Gasteiger partial charge in [0.05, 0.1) is 36.6 Å². The average Bonchev–Trinajstić information content (AvgIpc) is 3.05. The third kappa shape index (κ3) is 4.14. The molecule has 0 bridgehead atoms. The molecule has 0 saturated heterocycles. The van der Waals surface area contributed by atoms with Crippen LogP contribution in [0.25, 0.3) is 22.3 Å². The highest BCUT2D eigenvalue weighted by atomic mass is 16.5. The van der Waals surface area contributed by atoms with Crippen LogP contribution < -0.4 is 0 Å². The Bertz CT molecular complexity index is 1090. The molecule has 2 aromatic heterocycles. The van der Waals surface area contributed by atoms with E-state index in [4.69, 9.17) is 0 Å². The fraction of sp³-hybridized carbons (Fsp3) is 0.286. The van der Waals surface area contributed by atoms with Gasteiger partial charge in [0, 0.05) is 12.6 Å². The van der Waals surface area contributed by atoms with Gasteiger partial charge in [-0.05, 0) is 13.0 Å². The summed E-state index contributed by atoms with van der Waals surface area (Å²) in [6.45, 7) is 0.983. The number of carbonyl (C=O) groups is 3. The number of aryl methyl sites for hydroxylation is 2. The van der Waals surface area contributed by atoms with E-state index in [-0.39, 0.29) is 5.56 Å². The normalized spacial score (nSPS) is 10.7. The molecule has 3 aromatic rings. The van der Waals surface area contributed by atoms with Crippen LogP contribution in [0.15, 0.2) is 36.4 Å². The Hall–Kier alpha value is -3.75. The van der Waals surface area contributed by atoms with Crippen LogP contribution in [0.1, 0.15) is 16.1 Å². The van der Waals surface area contributed by atoms with E-state index in [9.17, 15) is 14.4 Å². The van der Waals surface area contributed by atoms with E-state index in [1.54, 1.807) is 24.7 Å². The number of rotatable bonds is 6. The van der Waals surface area contributed by atoms with Gasteiger partial charge in [0.2, 0.25) is 0 Å². The molecule has 30 heavy (non-hydrogen) atoms. The van der Waals surface area contributed by atoms with Gasteiger partial charge in [-0.1, -0.05) is 30.3 Å². The van der Waals surface area contributed by atoms with E-state index < -0.39 is 30.9 Å². The summed E-state index contributed by atoms with van der Waals surface area (Å²) < 4.78 is 10.9. The molecule has 0 aliphatic heterocycles. The number of pyridine rings is 1. The van der Waals surface area contributed by atoms with Gasteiger partial charge in [-0.2, -0.15) is 5.10 Å². The van der Waals surface area contributed by atoms with Crippen molar-refractivity contribution >= 4 is 28.9 Å². The van der Waals surface area contributed by atoms with Gasteiger partial charge < -0.3 is 14.4 Å². The zero-order valence-electron chi connectivity index (χ0n) is 17.2. The predicted molar refractivity (Wildman–Crippen MR) is 109 cm³/mol. The highest BCUT2D eigenvalue weighted by Crippen LogP contribution is 2.27. The summed E-state index contributed by atoms with van der Waals surface area (Å²) in [6.07, 6.45) is 0. The maximum absolute atomic E-state index is 13.5. The molecule has 0 unspecified atom stereocenters. The Morgan fingerprint density at radius 1 is 1.03 bits per heavy atom. The Labute approximate surface area is 173 Å². The minimum atomic E-state index is -0.649. The molecule has 0 spiro atoms. The summed E-state index contributed by atoms with van der Waals surface area (Å²) >= 11 is 0. The van der Waals surface area contributed by atoms with E-state index in [1.807, 2.05) is 30.3 Å². The molecule has 1 aromatic carbocycles. The van der Waals surface area contributed by atoms with Crippen LogP contribution >= 0.6 is 0 Å². The number of ether oxygens (including phenoxy) is 2. The first-order chi connectivity index (χ1) is 14.3. The highest BCUT2D eigenvalue weighted by Gasteiger charge is 2.27. The van der Waals surface area contributed by atoms with Crippen molar-refractivity contribution in [2.75, 3.05) is 27.3 Å². The van der Waals surface area contributed by atoms with Crippen LogP contribution in [-0.2, 0) is 26.1 Å². The molecule has 1 amide bonds. The monoisotopic (exact) mass is 410 g/mol. The highest BCUT2D eigenvalue weighted by molar-refractivity contribution is 6.08. The smallest absolute Gasteiger partial charge is 0.325 e. The topological polar surface area (TPSA) is 104 Å². The molecular formula is C21H22N4O5. The fourth-order valence-electron chi connectivity index (χ4n) is 3.18. The van der Waals surface area contributed by atoms with Crippen LogP contribution in [0.4, 0.5) is 0 Å². The lowest BCUT2D eigenvalue weighted by Gasteiger charge is -2.21. The molecule has 9 heteroatoms. The number of fused-ring (bicyclic) bond motifs is 1. The summed E-state index contributed by atoms with van der Waals surface area (Å²) in [5.41, 5.74) is 2.81. The molecule has 9 nitrogen and oxygen atoms in total. The number of methoxy groups -OCH3 is 2. The lowest BCUT2D eigenvalue weighted by Crippen LogP contribution is -2.40. The number of hydrogen-bond donors (Lipinski definition) is 0. The second-order valence-corrected chi connectivity index (χ2v) is 6.64. The van der Waals surface area contributed by atoms with Crippen LogP contribution in [0.3, 0.4) is 0 Å². The number of benzene rings is 1. The number of carbonyl (C=O) groups excluding carboxylic acids is 3. The average molecular weight is 410 g/mol. The van der Waals surface area contributed by atoms with Crippen molar-refractivity contribution in [3.63, 3.8) is 0 Å². The Balaban J connectivity index is 2.17. The maximum atomic E-state index is 13.5. The predicted octanol–water partition coefficient (Wildman–Crippen LogP) is 1.73. The molecule has 0 aliphatic carbocycles. The third-order valence-electron chi connectivity index (χ3n) is 4.65. The molecule has 0 radical (unpaired) electrons. The third-order valence-corrected chi connectivity index (χ3v) is 4.65. The van der Waals surface area contributed by atoms with Gasteiger partial charge in [0.1, 0.15) is 13.1 Å². The summed E-state index contributed by atoms with van der Waals surface area (Å²) in [4.78, 5) is 42.9. The van der Waals surface area contributed by atoms with Gasteiger partial charge in [0.25, 0.3) is 5.91 Å². The minimum Gasteiger partial charge on any atom is -0.468 e. The number of nitrogens with zero attached hydrogens (tertiary/aromatic N) is 4. The summed E-state index contributed by atoms with van der Waals surface area (Å²) in [6, 6.07) is 11.0. The molecule has 0 saturated carbocycles. The van der Waals surface area contributed by atoms with E-state index in [2.05, 4.69) is 19.6 Å². The van der Waals surface area contributed by atoms with E-state index >= 15 is 0 Å². The van der Waals surface area contributed by atoms with Crippen molar-refractivity contribution in [1.29, 1.82) is 0 Å². The molecule has 0 N–H and O–H groups in total. The molecule has 3 rings (SSSR count). The largest absolute Gasteiger partial charge is 0.468 e. The van der Waals surface area contributed by atoms with E-state index in [0.29, 0.717) is 22.4 Å². The summed E-state index contributed by atoms with van der Waals surface area (Å²) in [5.74, 6) is -1.82. The molecular weight excluding hydrogens is 388 g/mol. The molecule has 0 aliphatic rings. The SMILES string of the molecule is COC(=O)CN(CC(=O)OC)C(=O)c1cc(-c2ccccc2)nc2c1c(C)nn2C. The van der Waals surface area contributed by atoms with Gasteiger partial charge >= 0.3 is 11.9 Å². The van der Waals surface area contributed by atoms with Crippen LogP contribution in [-0.4, -0.2) is 64.8 Å². The second-order valence-electron chi connectivity index (χ2n) is 6.64. The van der Waals surface area contributed by atoms with Gasteiger partial charge in [-0.25, -0.2) is 4.98 Å². The Morgan fingerprint density at radius 2 is 1.63 bits per heavy atom. The Kier molecular flexibility index (Phi) is 6.10. The molecule has 156 valence electrons. The van der Waals surface area contributed by atoms with E-state index in [1.165, 1.54) is 14.2 Å². The summed E-state index contributed by atoms with van der Waals surface area (Å²) in [5, 5.41) is 4.94. The minimum absolute atomic E-state index is 0.289. The van der Waals surface area contributed by atoms with Crippen molar-refractivity contribution in [3.8, 4) is 11.3 Å². The molecule has 0 atom stereocenters. The molecule has 0 fully saturated rings. The maximum Gasteiger partial charge on any atom is 0.325 e. The molecule has 2 heterocycles. The van der Waals surface area contributed by atoms with E-state index in [0.717, 1.165) is 10.5 Å². The lowest BCUT2D eigenvalue weighted by molar-refractivity contribution is -0.144. The summed E-state index contributed by atoms with van der Waals surface area (Å²) in [7, 11) is 4.17. The lowest BCUT2D eigenvalue weighted by atomic mass is 10.0. The number of esters is 2. The van der Waals surface area contributed by atoms with Crippen LogP contribution in [0, 0.1) is 6.92 Å². The van der Waals surface area contributed by atoms with Crippen LogP contribution in [0.5, 0.6) is 0 Å². The van der Waals surface area contributed by atoms with Gasteiger partial charge in [0.15, 0.2) is 5.65 Å². The first kappa shape index (κ1) is 21.0. The number of hydrogen-bond acceptors (Lipinski definition) is 7. The van der Waals surface area contributed by atoms with Crippen molar-refractivity contribution in [2.45, 2.75) is 6.92 Å². The first-order valence-electron chi connectivity index (χ1n) is 9.18. The zero-order chi connectivity index (χ0) is 21.8. The number of aromatic nitrogens is 3. The van der Waals surface area contributed by atoms with Crippen molar-refractivity contribution in [2.24, 2.45) is 7.05 Å². The van der Waals surface area contributed by atoms with Crippen molar-refractivity contribution in [1.82, 2.24) is 19.7 Å². The number of amides is 1. The van der Waals surface area contributed by atoms with Gasteiger partial charge in [-0.3, -0.25) is 19.1 Å². The van der Waals surface area contributed by atoms with Crippen molar-refractivity contribution in [3.05, 3.63) is 47.7 Å². The van der Waals surface area contributed by atoms with Gasteiger partial charge in [-0.15, -0.1) is 0 Å². The van der Waals surface area contributed by atoms with Crippen LogP contribution in [0.2, 0.25) is 0 Å². The zero-order valence-corrected chi connectivity index (χ0v) is 17.2. The standard InChI is InChI=1S/C21H22N4O5/c1-13-19-15(21(28)25(11-17(26)29-3)12-18(27)30-4)10-16(14-8-6-5-7-9-14)22-20(19)24(2)23-13/h5-10H,11-12H2,1-4H3. The second kappa shape index (κ2) is 8.73. The van der Waals surface area contributed by atoms with Crippen molar-refractivity contribution < 1.29 is 23.9 Å². The first-order valence-corrected chi connectivity index (χ1v) is 9.18. The fourth-order valence-corrected chi connectivity index (χ4v) is 3.18. The quantitative estimate of drug-likeness (QED) is 0.570. The Morgan fingerprint density at radius 3 is 2.20 bits per heavy atom.